The van der Waals surface area contributed by atoms with Crippen LogP contribution in [0, 0.1) is 0 Å². The zero-order chi connectivity index (χ0) is 16.4. The Kier molecular flexibility index (Phi) is 4.66. The third-order valence-electron chi connectivity index (χ3n) is 3.77. The molecule has 1 unspecified atom stereocenters. The van der Waals surface area contributed by atoms with E-state index >= 15 is 0 Å². The van der Waals surface area contributed by atoms with Gasteiger partial charge in [0.25, 0.3) is 0 Å². The van der Waals surface area contributed by atoms with Crippen LogP contribution in [-0.2, 0) is 11.3 Å². The molecule has 0 aliphatic carbocycles. The standard InChI is InChI=1S/C17H17BrN2O3/c1-22-16-7-6-12(18)8-11(16)10-20-15-5-3-4-13(17(21)23-2)14(15)9-19-20/h3-9,17,21H,10H2,1-2H3. The number of hydrogen-bond donors (Lipinski definition) is 1. The van der Waals surface area contributed by atoms with Gasteiger partial charge in [0.1, 0.15) is 5.75 Å². The molecule has 0 spiro atoms. The second kappa shape index (κ2) is 6.70. The van der Waals surface area contributed by atoms with E-state index in [4.69, 9.17) is 9.47 Å². The molecule has 120 valence electrons. The van der Waals surface area contributed by atoms with Crippen molar-refractivity contribution in [3.05, 3.63) is 58.2 Å². The van der Waals surface area contributed by atoms with E-state index in [9.17, 15) is 5.11 Å². The number of aromatic nitrogens is 2. The first-order chi connectivity index (χ1) is 11.1. The van der Waals surface area contributed by atoms with Crippen molar-refractivity contribution in [2.75, 3.05) is 14.2 Å². The number of aliphatic hydroxyl groups is 1. The van der Waals surface area contributed by atoms with Gasteiger partial charge in [0.15, 0.2) is 6.29 Å². The summed E-state index contributed by atoms with van der Waals surface area (Å²) in [6, 6.07) is 11.6. The maximum atomic E-state index is 9.96. The van der Waals surface area contributed by atoms with Crippen molar-refractivity contribution < 1.29 is 14.6 Å². The minimum Gasteiger partial charge on any atom is -0.496 e. The first-order valence-corrected chi connectivity index (χ1v) is 7.91. The molecule has 0 radical (unpaired) electrons. The molecule has 0 amide bonds. The lowest BCUT2D eigenvalue weighted by atomic mass is 10.1. The Bertz CT molecular complexity index is 832. The molecule has 3 aromatic rings. The molecule has 2 aromatic carbocycles. The molecule has 6 heteroatoms. The van der Waals surface area contributed by atoms with Gasteiger partial charge in [-0.2, -0.15) is 5.10 Å². The highest BCUT2D eigenvalue weighted by Crippen LogP contribution is 2.27. The zero-order valence-electron chi connectivity index (χ0n) is 12.9. The highest BCUT2D eigenvalue weighted by Gasteiger charge is 2.14. The molecule has 1 heterocycles. The van der Waals surface area contributed by atoms with Crippen LogP contribution in [0.5, 0.6) is 5.75 Å². The van der Waals surface area contributed by atoms with Gasteiger partial charge in [-0.05, 0) is 24.3 Å². The van der Waals surface area contributed by atoms with E-state index in [-0.39, 0.29) is 0 Å². The van der Waals surface area contributed by atoms with E-state index in [1.807, 2.05) is 41.1 Å². The molecule has 1 aromatic heterocycles. The van der Waals surface area contributed by atoms with Gasteiger partial charge in [-0.1, -0.05) is 28.1 Å². The number of nitrogens with zero attached hydrogens (tertiary/aromatic N) is 2. The smallest absolute Gasteiger partial charge is 0.181 e. The first-order valence-electron chi connectivity index (χ1n) is 7.11. The van der Waals surface area contributed by atoms with Crippen LogP contribution in [0.25, 0.3) is 10.9 Å². The lowest BCUT2D eigenvalue weighted by molar-refractivity contribution is -0.0758. The van der Waals surface area contributed by atoms with Gasteiger partial charge in [0, 0.05) is 28.1 Å². The monoisotopic (exact) mass is 376 g/mol. The van der Waals surface area contributed by atoms with E-state index in [1.54, 1.807) is 13.3 Å². The summed E-state index contributed by atoms with van der Waals surface area (Å²) in [6.45, 7) is 0.568. The van der Waals surface area contributed by atoms with Crippen molar-refractivity contribution in [2.24, 2.45) is 0 Å². The predicted octanol–water partition coefficient (Wildman–Crippen LogP) is 3.49. The molecule has 0 aliphatic rings. The van der Waals surface area contributed by atoms with Crippen molar-refractivity contribution in [3.63, 3.8) is 0 Å². The summed E-state index contributed by atoms with van der Waals surface area (Å²) in [5, 5.41) is 15.3. The Morgan fingerprint density at radius 2 is 2.09 bits per heavy atom. The second-order valence-corrected chi connectivity index (χ2v) is 6.04. The Morgan fingerprint density at radius 1 is 1.26 bits per heavy atom. The third-order valence-corrected chi connectivity index (χ3v) is 4.27. The number of benzene rings is 2. The summed E-state index contributed by atoms with van der Waals surface area (Å²) in [6.07, 6.45) is 0.786. The fourth-order valence-corrected chi connectivity index (χ4v) is 3.03. The SMILES string of the molecule is COc1ccc(Br)cc1Cn1ncc2c(C(O)OC)cccc21. The third kappa shape index (κ3) is 3.10. The van der Waals surface area contributed by atoms with Gasteiger partial charge < -0.3 is 14.6 Å². The Hall–Kier alpha value is -1.89. The average molecular weight is 377 g/mol. The molecular weight excluding hydrogens is 360 g/mol. The summed E-state index contributed by atoms with van der Waals surface area (Å²) in [7, 11) is 3.13. The summed E-state index contributed by atoms with van der Waals surface area (Å²) in [5.41, 5.74) is 2.66. The van der Waals surface area contributed by atoms with Crippen LogP contribution in [-0.4, -0.2) is 29.1 Å². The summed E-state index contributed by atoms with van der Waals surface area (Å²) < 4.78 is 13.3. The van der Waals surface area contributed by atoms with Crippen LogP contribution in [0.15, 0.2) is 47.1 Å². The number of halogens is 1. The van der Waals surface area contributed by atoms with E-state index in [0.29, 0.717) is 12.1 Å². The van der Waals surface area contributed by atoms with E-state index in [0.717, 1.165) is 26.7 Å². The molecule has 23 heavy (non-hydrogen) atoms. The maximum Gasteiger partial charge on any atom is 0.181 e. The van der Waals surface area contributed by atoms with Gasteiger partial charge in [0.2, 0.25) is 0 Å². The van der Waals surface area contributed by atoms with Crippen LogP contribution >= 0.6 is 15.9 Å². The molecule has 1 N–H and O–H groups in total. The van der Waals surface area contributed by atoms with E-state index in [2.05, 4.69) is 21.0 Å². The van der Waals surface area contributed by atoms with Gasteiger partial charge in [-0.25, -0.2) is 0 Å². The molecule has 1 atom stereocenters. The molecule has 0 saturated carbocycles. The maximum absolute atomic E-state index is 9.96. The molecule has 0 saturated heterocycles. The molecule has 0 aliphatic heterocycles. The van der Waals surface area contributed by atoms with Crippen molar-refractivity contribution in [1.29, 1.82) is 0 Å². The number of fused-ring (bicyclic) bond motifs is 1. The van der Waals surface area contributed by atoms with Crippen molar-refractivity contribution in [3.8, 4) is 5.75 Å². The minimum absolute atomic E-state index is 0.568. The number of rotatable bonds is 5. The van der Waals surface area contributed by atoms with Crippen molar-refractivity contribution in [2.45, 2.75) is 12.8 Å². The first kappa shape index (κ1) is 16.0. The normalized spacial score (nSPS) is 12.5. The molecule has 5 nitrogen and oxygen atoms in total. The van der Waals surface area contributed by atoms with Crippen molar-refractivity contribution in [1.82, 2.24) is 9.78 Å². The van der Waals surface area contributed by atoms with E-state index in [1.165, 1.54) is 7.11 Å². The Balaban J connectivity index is 2.04. The predicted molar refractivity (Wildman–Crippen MR) is 91.5 cm³/mol. The zero-order valence-corrected chi connectivity index (χ0v) is 14.4. The fraction of sp³-hybridized carbons (Fsp3) is 0.235. The van der Waals surface area contributed by atoms with Gasteiger partial charge >= 0.3 is 0 Å². The largest absolute Gasteiger partial charge is 0.496 e. The Morgan fingerprint density at radius 3 is 2.83 bits per heavy atom. The number of aliphatic hydroxyl groups excluding tert-OH is 1. The number of methoxy groups -OCH3 is 2. The Labute approximate surface area is 142 Å². The summed E-state index contributed by atoms with van der Waals surface area (Å²) in [5.74, 6) is 0.810. The quantitative estimate of drug-likeness (QED) is 0.692. The van der Waals surface area contributed by atoms with Gasteiger partial charge in [-0.15, -0.1) is 0 Å². The average Bonchev–Trinajstić information content (AvgIpc) is 2.97. The van der Waals surface area contributed by atoms with Crippen LogP contribution in [0.4, 0.5) is 0 Å². The van der Waals surface area contributed by atoms with Crippen LogP contribution in [0.3, 0.4) is 0 Å². The highest BCUT2D eigenvalue weighted by molar-refractivity contribution is 9.10. The summed E-state index contributed by atoms with van der Waals surface area (Å²) in [4.78, 5) is 0. The van der Waals surface area contributed by atoms with Gasteiger partial charge in [-0.3, -0.25) is 4.68 Å². The van der Waals surface area contributed by atoms with Crippen molar-refractivity contribution >= 4 is 26.8 Å². The van der Waals surface area contributed by atoms with Gasteiger partial charge in [0.05, 0.1) is 25.4 Å². The van der Waals surface area contributed by atoms with Crippen LogP contribution in [0.2, 0.25) is 0 Å². The molecular formula is C17H17BrN2O3. The van der Waals surface area contributed by atoms with Crippen LogP contribution in [0.1, 0.15) is 17.4 Å². The molecule has 0 bridgehead atoms. The topological polar surface area (TPSA) is 56.5 Å². The van der Waals surface area contributed by atoms with Crippen LogP contribution < -0.4 is 4.74 Å². The highest BCUT2D eigenvalue weighted by atomic mass is 79.9. The number of ether oxygens (including phenoxy) is 2. The van der Waals surface area contributed by atoms with E-state index < -0.39 is 6.29 Å². The molecule has 3 rings (SSSR count). The number of hydrogen-bond acceptors (Lipinski definition) is 4. The lowest BCUT2D eigenvalue weighted by Crippen LogP contribution is -2.04. The second-order valence-electron chi connectivity index (χ2n) is 5.13. The fourth-order valence-electron chi connectivity index (χ4n) is 2.63. The lowest BCUT2D eigenvalue weighted by Gasteiger charge is -2.12. The minimum atomic E-state index is -0.961. The summed E-state index contributed by atoms with van der Waals surface area (Å²) >= 11 is 3.48. The molecule has 0 fully saturated rings.